The quantitative estimate of drug-likeness (QED) is 0.175. The van der Waals surface area contributed by atoms with E-state index >= 15 is 0 Å². The zero-order valence-electron chi connectivity index (χ0n) is 32.7. The Hall–Kier alpha value is -8.35. The molecule has 0 aliphatic carbocycles. The van der Waals surface area contributed by atoms with Gasteiger partial charge in [0, 0.05) is 66.1 Å². The van der Waals surface area contributed by atoms with E-state index in [2.05, 4.69) is 149 Å². The number of rotatable bonds is 5. The van der Waals surface area contributed by atoms with Crippen LogP contribution in [0.15, 0.2) is 205 Å². The molecule has 0 amide bonds. The van der Waals surface area contributed by atoms with Crippen LogP contribution in [-0.2, 0) is 0 Å². The molecule has 13 rings (SSSR count). The van der Waals surface area contributed by atoms with Gasteiger partial charge >= 0.3 is 0 Å². The summed E-state index contributed by atoms with van der Waals surface area (Å²) in [5.41, 5.74) is 11.3. The second kappa shape index (κ2) is 13.1. The normalized spacial score (nSPS) is 11.9. The van der Waals surface area contributed by atoms with Crippen LogP contribution >= 0.6 is 0 Å². The third kappa shape index (κ3) is 5.06. The van der Waals surface area contributed by atoms with Gasteiger partial charge in [-0.1, -0.05) is 140 Å². The molecular weight excluding hydrogens is 747 g/mol. The lowest BCUT2D eigenvalue weighted by Crippen LogP contribution is -2.01. The van der Waals surface area contributed by atoms with Gasteiger partial charge < -0.3 is 13.6 Å². The van der Waals surface area contributed by atoms with Gasteiger partial charge in [0.2, 0.25) is 0 Å². The van der Waals surface area contributed by atoms with Gasteiger partial charge in [0.05, 0.1) is 27.8 Å². The summed E-state index contributed by atoms with van der Waals surface area (Å²) in [7, 11) is 0. The van der Waals surface area contributed by atoms with Gasteiger partial charge in [-0.3, -0.25) is 0 Å². The SMILES string of the molecule is c1ccc(-c2nc(-c3ccccc3)nc(-c3ccc(-n4c5ccccc5c5c6c(ccc54)oc4cc(-n5c7ccccc7c7ccccc75)ccc46)c4ccccc34)n2)cc1. The van der Waals surface area contributed by atoms with Crippen LogP contribution in [0.3, 0.4) is 0 Å². The van der Waals surface area contributed by atoms with E-state index in [0.29, 0.717) is 17.5 Å². The number of para-hydroxylation sites is 3. The van der Waals surface area contributed by atoms with E-state index in [9.17, 15) is 0 Å². The minimum atomic E-state index is 0.629. The molecule has 6 heteroatoms. The third-order valence-corrected chi connectivity index (χ3v) is 12.2. The average molecular weight is 780 g/mol. The Morgan fingerprint density at radius 3 is 1.52 bits per heavy atom. The summed E-state index contributed by atoms with van der Waals surface area (Å²) in [4.78, 5) is 15.2. The van der Waals surface area contributed by atoms with Crippen LogP contribution < -0.4 is 0 Å². The molecule has 0 aliphatic rings. The van der Waals surface area contributed by atoms with Gasteiger partial charge in [-0.25, -0.2) is 15.0 Å². The summed E-state index contributed by atoms with van der Waals surface area (Å²) in [6.45, 7) is 0. The predicted molar refractivity (Wildman–Crippen MR) is 250 cm³/mol. The maximum atomic E-state index is 6.76. The summed E-state index contributed by atoms with van der Waals surface area (Å²) < 4.78 is 11.5. The molecule has 0 aliphatic heterocycles. The average Bonchev–Trinajstić information content (AvgIpc) is 3.99. The molecule has 0 spiro atoms. The van der Waals surface area contributed by atoms with Crippen LogP contribution in [0, 0.1) is 0 Å². The van der Waals surface area contributed by atoms with Crippen molar-refractivity contribution in [1.29, 1.82) is 0 Å². The lowest BCUT2D eigenvalue weighted by Gasteiger charge is -2.15. The standard InChI is InChI=1S/C55H33N5O/c1-3-15-34(16-4-1)53-56-54(35-17-5-2-6-18-35)58-55(57-53)41-29-30-47(38-20-8-7-19-37(38)41)60-46-26-14-11-23-42(46)51-48(60)31-32-49-52(51)43-28-27-36(33-50(43)61-49)59-44-24-12-9-21-39(44)40-22-10-13-25-45(40)59/h1-33H. The van der Waals surface area contributed by atoms with Crippen molar-refractivity contribution in [2.75, 3.05) is 0 Å². The van der Waals surface area contributed by atoms with Gasteiger partial charge in [-0.15, -0.1) is 0 Å². The molecule has 0 unspecified atom stereocenters. The van der Waals surface area contributed by atoms with E-state index in [4.69, 9.17) is 19.4 Å². The van der Waals surface area contributed by atoms with Crippen LogP contribution in [-0.4, -0.2) is 24.1 Å². The van der Waals surface area contributed by atoms with E-state index in [0.717, 1.165) is 71.8 Å². The number of aromatic nitrogens is 5. The number of furan rings is 1. The fourth-order valence-electron chi connectivity index (χ4n) is 9.52. The van der Waals surface area contributed by atoms with Gasteiger partial charge in [0.1, 0.15) is 11.2 Å². The minimum Gasteiger partial charge on any atom is -0.456 e. The van der Waals surface area contributed by atoms with Crippen molar-refractivity contribution in [3.8, 4) is 45.5 Å². The Morgan fingerprint density at radius 1 is 0.328 bits per heavy atom. The molecule has 6 nitrogen and oxygen atoms in total. The zero-order chi connectivity index (χ0) is 40.0. The second-order valence-corrected chi connectivity index (χ2v) is 15.6. The van der Waals surface area contributed by atoms with Crippen molar-refractivity contribution in [2.45, 2.75) is 0 Å². The zero-order valence-corrected chi connectivity index (χ0v) is 32.7. The van der Waals surface area contributed by atoms with Crippen LogP contribution in [0.2, 0.25) is 0 Å². The van der Waals surface area contributed by atoms with Crippen molar-refractivity contribution < 1.29 is 4.42 Å². The number of hydrogen-bond donors (Lipinski definition) is 0. The number of benzene rings is 9. The molecule has 0 bridgehead atoms. The Balaban J connectivity index is 1.02. The second-order valence-electron chi connectivity index (χ2n) is 15.6. The fraction of sp³-hybridized carbons (Fsp3) is 0. The largest absolute Gasteiger partial charge is 0.456 e. The number of hydrogen-bond acceptors (Lipinski definition) is 4. The molecule has 0 saturated heterocycles. The summed E-state index contributed by atoms with van der Waals surface area (Å²) in [5.74, 6) is 1.90. The third-order valence-electron chi connectivity index (χ3n) is 12.2. The number of fused-ring (bicyclic) bond motifs is 11. The van der Waals surface area contributed by atoms with Gasteiger partial charge in [0.25, 0.3) is 0 Å². The van der Waals surface area contributed by atoms with Gasteiger partial charge in [0.15, 0.2) is 17.5 Å². The first kappa shape index (κ1) is 33.6. The Bertz CT molecular complexity index is 3770. The van der Waals surface area contributed by atoms with Gasteiger partial charge in [-0.05, 0) is 60.0 Å². The van der Waals surface area contributed by atoms with Crippen LogP contribution in [0.5, 0.6) is 0 Å². The van der Waals surface area contributed by atoms with E-state index in [-0.39, 0.29) is 0 Å². The molecule has 0 fully saturated rings. The molecule has 4 aromatic heterocycles. The van der Waals surface area contributed by atoms with Crippen LogP contribution in [0.4, 0.5) is 0 Å². The van der Waals surface area contributed by atoms with Crippen molar-refractivity contribution in [3.63, 3.8) is 0 Å². The van der Waals surface area contributed by atoms with Crippen molar-refractivity contribution in [2.24, 2.45) is 0 Å². The van der Waals surface area contributed by atoms with E-state index in [1.807, 2.05) is 60.7 Å². The monoisotopic (exact) mass is 779 g/mol. The summed E-state index contributed by atoms with van der Waals surface area (Å²) in [6, 6.07) is 70.1. The number of nitrogens with zero attached hydrogens (tertiary/aromatic N) is 5. The highest BCUT2D eigenvalue weighted by Crippen LogP contribution is 2.44. The molecule has 0 radical (unpaired) electrons. The van der Waals surface area contributed by atoms with E-state index in [1.54, 1.807) is 0 Å². The summed E-state index contributed by atoms with van der Waals surface area (Å²) in [5, 5.41) is 9.17. The molecular formula is C55H33N5O. The van der Waals surface area contributed by atoms with E-state index < -0.39 is 0 Å². The van der Waals surface area contributed by atoms with Crippen molar-refractivity contribution >= 4 is 76.3 Å². The molecule has 0 atom stereocenters. The van der Waals surface area contributed by atoms with Crippen LogP contribution in [0.1, 0.15) is 0 Å². The smallest absolute Gasteiger partial charge is 0.164 e. The maximum absolute atomic E-state index is 6.76. The molecule has 284 valence electrons. The molecule has 13 aromatic rings. The maximum Gasteiger partial charge on any atom is 0.164 e. The summed E-state index contributed by atoms with van der Waals surface area (Å²) in [6.07, 6.45) is 0. The Kier molecular flexibility index (Phi) is 7.21. The molecule has 0 saturated carbocycles. The highest BCUT2D eigenvalue weighted by Gasteiger charge is 2.22. The molecule has 4 heterocycles. The lowest BCUT2D eigenvalue weighted by molar-refractivity contribution is 0.669. The van der Waals surface area contributed by atoms with Gasteiger partial charge in [-0.2, -0.15) is 0 Å². The first-order chi connectivity index (χ1) is 30.3. The Labute approximate surface area is 349 Å². The predicted octanol–water partition coefficient (Wildman–Crippen LogP) is 14.1. The molecule has 61 heavy (non-hydrogen) atoms. The fourth-order valence-corrected chi connectivity index (χ4v) is 9.52. The minimum absolute atomic E-state index is 0.629. The lowest BCUT2D eigenvalue weighted by atomic mass is 10.0. The van der Waals surface area contributed by atoms with Crippen molar-refractivity contribution in [3.05, 3.63) is 200 Å². The highest BCUT2D eigenvalue weighted by atomic mass is 16.3. The summed E-state index contributed by atoms with van der Waals surface area (Å²) >= 11 is 0. The van der Waals surface area contributed by atoms with E-state index in [1.165, 1.54) is 32.6 Å². The first-order valence-corrected chi connectivity index (χ1v) is 20.5. The first-order valence-electron chi connectivity index (χ1n) is 20.5. The topological polar surface area (TPSA) is 61.7 Å². The molecule has 9 aromatic carbocycles. The van der Waals surface area contributed by atoms with Crippen LogP contribution in [0.25, 0.3) is 122 Å². The Morgan fingerprint density at radius 2 is 0.869 bits per heavy atom. The molecule has 0 N–H and O–H groups in total. The highest BCUT2D eigenvalue weighted by molar-refractivity contribution is 6.28. The van der Waals surface area contributed by atoms with Crippen molar-refractivity contribution in [1.82, 2.24) is 24.1 Å².